The van der Waals surface area contributed by atoms with Crippen molar-refractivity contribution in [3.05, 3.63) is 16.0 Å². The first kappa shape index (κ1) is 12.4. The monoisotopic (exact) mass is 253 g/mol. The van der Waals surface area contributed by atoms with Crippen LogP contribution in [0.5, 0.6) is 0 Å². The number of nitrogen functional groups attached to an aromatic ring is 1. The third kappa shape index (κ3) is 2.06. The molecule has 1 aromatic heterocycles. The summed E-state index contributed by atoms with van der Waals surface area (Å²) in [6.45, 7) is 6.65. The fraction of sp³-hybridized carbons (Fsp3) is 0.615. The zero-order valence-corrected chi connectivity index (χ0v) is 11.4. The number of hydrogen-bond donors (Lipinski definition) is 1. The summed E-state index contributed by atoms with van der Waals surface area (Å²) in [5, 5.41) is 0.614. The lowest BCUT2D eigenvalue weighted by Crippen LogP contribution is -2.23. The molecule has 0 radical (unpaired) electrons. The van der Waals surface area contributed by atoms with E-state index in [0.29, 0.717) is 17.2 Å². The van der Waals surface area contributed by atoms with Gasteiger partial charge in [-0.15, -0.1) is 11.3 Å². The van der Waals surface area contributed by atoms with Crippen molar-refractivity contribution in [3.8, 4) is 0 Å². The van der Waals surface area contributed by atoms with Crippen molar-refractivity contribution in [3.63, 3.8) is 0 Å². The minimum atomic E-state index is -0.264. The summed E-state index contributed by atoms with van der Waals surface area (Å²) >= 11 is 1.55. The van der Waals surface area contributed by atoms with Crippen LogP contribution in [0, 0.1) is 0 Å². The number of thiophene rings is 1. The molecule has 1 aliphatic rings. The second-order valence-corrected chi connectivity index (χ2v) is 6.16. The van der Waals surface area contributed by atoms with Gasteiger partial charge in [0.2, 0.25) is 0 Å². The molecule has 0 saturated heterocycles. The van der Waals surface area contributed by atoms with E-state index in [2.05, 4.69) is 13.8 Å². The van der Waals surface area contributed by atoms with E-state index in [1.54, 1.807) is 11.3 Å². The predicted octanol–water partition coefficient (Wildman–Crippen LogP) is 3.12. The van der Waals surface area contributed by atoms with Crippen LogP contribution in [0.3, 0.4) is 0 Å². The Balaban J connectivity index is 2.48. The molecule has 1 heterocycles. The van der Waals surface area contributed by atoms with Crippen LogP contribution in [0.2, 0.25) is 0 Å². The molecule has 3 nitrogen and oxygen atoms in total. The molecule has 0 spiro atoms. The Kier molecular flexibility index (Phi) is 3.17. The van der Waals surface area contributed by atoms with E-state index >= 15 is 0 Å². The fourth-order valence-corrected chi connectivity index (χ4v) is 3.75. The van der Waals surface area contributed by atoms with Crippen LogP contribution in [0.25, 0.3) is 0 Å². The van der Waals surface area contributed by atoms with Crippen molar-refractivity contribution >= 4 is 22.3 Å². The number of ether oxygens (including phenoxy) is 1. The first-order valence-corrected chi connectivity index (χ1v) is 6.87. The van der Waals surface area contributed by atoms with Gasteiger partial charge in [0.1, 0.15) is 5.00 Å². The first-order chi connectivity index (χ1) is 7.97. The van der Waals surface area contributed by atoms with E-state index < -0.39 is 0 Å². The van der Waals surface area contributed by atoms with Gasteiger partial charge in [0.05, 0.1) is 12.2 Å². The molecule has 17 heavy (non-hydrogen) atoms. The normalized spacial score (nSPS) is 17.6. The largest absolute Gasteiger partial charge is 0.462 e. The van der Waals surface area contributed by atoms with Gasteiger partial charge < -0.3 is 10.5 Å². The van der Waals surface area contributed by atoms with E-state index in [9.17, 15) is 4.79 Å². The van der Waals surface area contributed by atoms with Gasteiger partial charge >= 0.3 is 5.97 Å². The maximum absolute atomic E-state index is 11.9. The van der Waals surface area contributed by atoms with Gasteiger partial charge in [-0.2, -0.15) is 0 Å². The number of carbonyl (C=O) groups is 1. The topological polar surface area (TPSA) is 52.3 Å². The zero-order chi connectivity index (χ0) is 12.6. The summed E-state index contributed by atoms with van der Waals surface area (Å²) in [6.07, 6.45) is 3.21. The molecule has 0 atom stereocenters. The number of anilines is 1. The predicted molar refractivity (Wildman–Crippen MR) is 70.7 cm³/mol. The van der Waals surface area contributed by atoms with E-state index in [0.717, 1.165) is 24.8 Å². The van der Waals surface area contributed by atoms with Crippen LogP contribution in [0.4, 0.5) is 5.00 Å². The molecule has 0 bridgehead atoms. The Labute approximate surface area is 106 Å². The minimum Gasteiger partial charge on any atom is -0.462 e. The Morgan fingerprint density at radius 3 is 2.88 bits per heavy atom. The molecule has 0 amide bonds. The van der Waals surface area contributed by atoms with Gasteiger partial charge in [-0.1, -0.05) is 13.8 Å². The van der Waals surface area contributed by atoms with Crippen molar-refractivity contribution < 1.29 is 9.53 Å². The molecule has 1 aromatic rings. The number of hydrogen-bond acceptors (Lipinski definition) is 4. The van der Waals surface area contributed by atoms with Crippen LogP contribution < -0.4 is 5.73 Å². The van der Waals surface area contributed by atoms with Crippen molar-refractivity contribution in [1.82, 2.24) is 0 Å². The molecule has 0 fully saturated rings. The zero-order valence-electron chi connectivity index (χ0n) is 10.6. The average molecular weight is 253 g/mol. The second-order valence-electron chi connectivity index (χ2n) is 5.11. The molecule has 2 N–H and O–H groups in total. The molecule has 2 rings (SSSR count). The van der Waals surface area contributed by atoms with Gasteiger partial charge in [0.15, 0.2) is 0 Å². The Morgan fingerprint density at radius 2 is 2.24 bits per heavy atom. The highest BCUT2D eigenvalue weighted by atomic mass is 32.1. The van der Waals surface area contributed by atoms with E-state index in [1.165, 1.54) is 4.88 Å². The maximum Gasteiger partial charge on any atom is 0.341 e. The van der Waals surface area contributed by atoms with Crippen molar-refractivity contribution in [2.45, 2.75) is 45.4 Å². The molecule has 0 unspecified atom stereocenters. The Bertz CT molecular complexity index is 449. The highest BCUT2D eigenvalue weighted by molar-refractivity contribution is 7.16. The second kappa shape index (κ2) is 4.33. The summed E-state index contributed by atoms with van der Waals surface area (Å²) in [6, 6.07) is 0. The third-order valence-electron chi connectivity index (χ3n) is 3.36. The van der Waals surface area contributed by atoms with Gasteiger partial charge in [-0.3, -0.25) is 0 Å². The molecular formula is C13H19NO2S. The number of carbonyl (C=O) groups excluding carboxylic acids is 1. The Hall–Kier alpha value is -1.03. The molecule has 0 saturated carbocycles. The van der Waals surface area contributed by atoms with Crippen LogP contribution in [0.1, 0.15) is 54.4 Å². The number of nitrogens with two attached hydrogens (primary N) is 1. The molecule has 4 heteroatoms. The first-order valence-electron chi connectivity index (χ1n) is 6.06. The van der Waals surface area contributed by atoms with Gasteiger partial charge in [0.25, 0.3) is 0 Å². The quantitative estimate of drug-likeness (QED) is 0.824. The van der Waals surface area contributed by atoms with Crippen LogP contribution in [0.15, 0.2) is 0 Å². The van der Waals surface area contributed by atoms with Crippen molar-refractivity contribution in [2.75, 3.05) is 12.3 Å². The smallest absolute Gasteiger partial charge is 0.341 e. The lowest BCUT2D eigenvalue weighted by Gasteiger charge is -2.29. The summed E-state index contributed by atoms with van der Waals surface area (Å²) in [5.41, 5.74) is 7.88. The Morgan fingerprint density at radius 1 is 1.53 bits per heavy atom. The van der Waals surface area contributed by atoms with E-state index in [-0.39, 0.29) is 11.4 Å². The lowest BCUT2D eigenvalue weighted by molar-refractivity contribution is 0.0526. The molecule has 0 aliphatic heterocycles. The molecule has 1 aliphatic carbocycles. The summed E-state index contributed by atoms with van der Waals surface area (Å²) in [5.74, 6) is -0.264. The molecule has 0 aromatic carbocycles. The van der Waals surface area contributed by atoms with Crippen molar-refractivity contribution in [2.24, 2.45) is 0 Å². The maximum atomic E-state index is 11.9. The fourth-order valence-electron chi connectivity index (χ4n) is 2.52. The van der Waals surface area contributed by atoms with E-state index in [1.807, 2.05) is 6.92 Å². The molecule has 94 valence electrons. The number of fused-ring (bicyclic) bond motifs is 1. The number of rotatable bonds is 2. The van der Waals surface area contributed by atoms with Crippen LogP contribution >= 0.6 is 11.3 Å². The van der Waals surface area contributed by atoms with Gasteiger partial charge in [-0.05, 0) is 37.2 Å². The van der Waals surface area contributed by atoms with Crippen LogP contribution in [-0.4, -0.2) is 12.6 Å². The van der Waals surface area contributed by atoms with E-state index in [4.69, 9.17) is 10.5 Å². The SMILES string of the molecule is CCOC(=O)c1c(N)sc2c1CCCC2(C)C. The third-order valence-corrected chi connectivity index (χ3v) is 4.78. The molecular weight excluding hydrogens is 234 g/mol. The summed E-state index contributed by atoms with van der Waals surface area (Å²) in [7, 11) is 0. The van der Waals surface area contributed by atoms with Crippen LogP contribution in [-0.2, 0) is 16.6 Å². The lowest BCUT2D eigenvalue weighted by atomic mass is 9.77. The minimum absolute atomic E-state index is 0.136. The van der Waals surface area contributed by atoms with Gasteiger partial charge in [0, 0.05) is 4.88 Å². The van der Waals surface area contributed by atoms with Gasteiger partial charge in [-0.25, -0.2) is 4.79 Å². The number of esters is 1. The summed E-state index contributed by atoms with van der Waals surface area (Å²) < 4.78 is 5.09. The standard InChI is InChI=1S/C13H19NO2S/c1-4-16-12(15)9-8-6-5-7-13(2,3)10(8)17-11(9)14/h4-7,14H2,1-3H3. The van der Waals surface area contributed by atoms with Crippen molar-refractivity contribution in [1.29, 1.82) is 0 Å². The highest BCUT2D eigenvalue weighted by Gasteiger charge is 2.34. The summed E-state index contributed by atoms with van der Waals surface area (Å²) in [4.78, 5) is 13.2. The highest BCUT2D eigenvalue weighted by Crippen LogP contribution is 2.45. The average Bonchev–Trinajstić information content (AvgIpc) is 2.56.